The second-order valence-corrected chi connectivity index (χ2v) is 8.03. The van der Waals surface area contributed by atoms with Gasteiger partial charge in [-0.1, -0.05) is 12.1 Å². The van der Waals surface area contributed by atoms with Crippen LogP contribution in [0.2, 0.25) is 0 Å². The molecule has 0 radical (unpaired) electrons. The van der Waals surface area contributed by atoms with Crippen LogP contribution in [0.4, 0.5) is 5.69 Å². The Balaban J connectivity index is 2.56. The number of nitrogens with zero attached hydrogens (tertiary/aromatic N) is 1. The monoisotopic (exact) mass is 392 g/mol. The van der Waals surface area contributed by atoms with Gasteiger partial charge >= 0.3 is 11.9 Å². The summed E-state index contributed by atoms with van der Waals surface area (Å²) in [5.41, 5.74) is -0.799. The van der Waals surface area contributed by atoms with Crippen molar-refractivity contribution in [3.8, 4) is 0 Å². The molecule has 1 aliphatic heterocycles. The SMILES string of the molecule is COC(=O)C(C1CCNCC1)C(OC(=O)C(C)(C)C)c1ccccc1[N+](=O)[O-]. The maximum atomic E-state index is 12.7. The van der Waals surface area contributed by atoms with Gasteiger partial charge in [-0.2, -0.15) is 0 Å². The molecule has 1 fully saturated rings. The Morgan fingerprint density at radius 1 is 1.21 bits per heavy atom. The molecule has 1 heterocycles. The largest absolute Gasteiger partial charge is 0.469 e. The number of methoxy groups -OCH3 is 1. The van der Waals surface area contributed by atoms with Crippen LogP contribution in [0.1, 0.15) is 45.3 Å². The van der Waals surface area contributed by atoms with Crippen molar-refractivity contribution in [3.63, 3.8) is 0 Å². The highest BCUT2D eigenvalue weighted by Gasteiger charge is 2.43. The predicted octanol–water partition coefficient (Wildman–Crippen LogP) is 3.01. The molecule has 0 aliphatic carbocycles. The Hall–Kier alpha value is -2.48. The van der Waals surface area contributed by atoms with Gasteiger partial charge in [0.2, 0.25) is 0 Å². The highest BCUT2D eigenvalue weighted by molar-refractivity contribution is 5.78. The fourth-order valence-electron chi connectivity index (χ4n) is 3.42. The van der Waals surface area contributed by atoms with Gasteiger partial charge < -0.3 is 14.8 Å². The van der Waals surface area contributed by atoms with Gasteiger partial charge in [0.1, 0.15) is 12.0 Å². The van der Waals surface area contributed by atoms with Gasteiger partial charge in [0, 0.05) is 6.07 Å². The molecule has 1 N–H and O–H groups in total. The number of nitrogens with one attached hydrogen (secondary N) is 1. The zero-order valence-electron chi connectivity index (χ0n) is 16.8. The molecule has 28 heavy (non-hydrogen) atoms. The molecule has 8 nitrogen and oxygen atoms in total. The molecule has 1 aromatic rings. The summed E-state index contributed by atoms with van der Waals surface area (Å²) in [6.45, 7) is 6.53. The minimum Gasteiger partial charge on any atom is -0.469 e. The molecule has 154 valence electrons. The number of benzene rings is 1. The Kier molecular flexibility index (Phi) is 7.12. The summed E-state index contributed by atoms with van der Waals surface area (Å²) in [4.78, 5) is 36.5. The van der Waals surface area contributed by atoms with Crippen molar-refractivity contribution in [1.29, 1.82) is 0 Å². The molecule has 1 saturated heterocycles. The fraction of sp³-hybridized carbons (Fsp3) is 0.600. The average molecular weight is 392 g/mol. The zero-order valence-corrected chi connectivity index (χ0v) is 16.8. The van der Waals surface area contributed by atoms with E-state index in [1.807, 2.05) is 0 Å². The highest BCUT2D eigenvalue weighted by Crippen LogP contribution is 2.41. The van der Waals surface area contributed by atoms with E-state index in [1.165, 1.54) is 19.2 Å². The normalized spacial score (nSPS) is 17.4. The topological polar surface area (TPSA) is 108 Å². The summed E-state index contributed by atoms with van der Waals surface area (Å²) in [6.07, 6.45) is 0.275. The number of nitro benzene ring substituents is 1. The number of hydrogen-bond acceptors (Lipinski definition) is 7. The maximum absolute atomic E-state index is 12.7. The lowest BCUT2D eigenvalue weighted by atomic mass is 9.78. The molecule has 0 saturated carbocycles. The van der Waals surface area contributed by atoms with E-state index in [0.717, 1.165) is 13.1 Å². The van der Waals surface area contributed by atoms with E-state index in [0.29, 0.717) is 12.8 Å². The number of carbonyl (C=O) groups excluding carboxylic acids is 2. The number of carbonyl (C=O) groups is 2. The molecular weight excluding hydrogens is 364 g/mol. The van der Waals surface area contributed by atoms with Crippen LogP contribution >= 0.6 is 0 Å². The Morgan fingerprint density at radius 2 is 1.82 bits per heavy atom. The quantitative estimate of drug-likeness (QED) is 0.450. The van der Waals surface area contributed by atoms with Crippen LogP contribution in [0.3, 0.4) is 0 Å². The predicted molar refractivity (Wildman–Crippen MR) is 102 cm³/mol. The molecule has 2 atom stereocenters. The van der Waals surface area contributed by atoms with E-state index >= 15 is 0 Å². The van der Waals surface area contributed by atoms with Crippen molar-refractivity contribution in [1.82, 2.24) is 5.32 Å². The van der Waals surface area contributed by atoms with Crippen molar-refractivity contribution in [2.24, 2.45) is 17.3 Å². The van der Waals surface area contributed by atoms with Gasteiger partial charge in [-0.3, -0.25) is 19.7 Å². The van der Waals surface area contributed by atoms with E-state index in [1.54, 1.807) is 32.9 Å². The van der Waals surface area contributed by atoms with Crippen LogP contribution in [0.25, 0.3) is 0 Å². The van der Waals surface area contributed by atoms with E-state index in [2.05, 4.69) is 5.32 Å². The van der Waals surface area contributed by atoms with Crippen LogP contribution in [0.5, 0.6) is 0 Å². The summed E-state index contributed by atoms with van der Waals surface area (Å²) in [7, 11) is 1.28. The van der Waals surface area contributed by atoms with Crippen LogP contribution in [-0.2, 0) is 19.1 Å². The van der Waals surface area contributed by atoms with E-state index < -0.39 is 34.3 Å². The highest BCUT2D eigenvalue weighted by atomic mass is 16.6. The average Bonchev–Trinajstić information content (AvgIpc) is 2.67. The van der Waals surface area contributed by atoms with Crippen LogP contribution in [0, 0.1) is 27.4 Å². The van der Waals surface area contributed by atoms with Crippen LogP contribution < -0.4 is 5.32 Å². The summed E-state index contributed by atoms with van der Waals surface area (Å²) in [5.74, 6) is -2.00. The lowest BCUT2D eigenvalue weighted by Gasteiger charge is -2.35. The number of ether oxygens (including phenoxy) is 2. The van der Waals surface area contributed by atoms with Crippen LogP contribution in [-0.4, -0.2) is 37.1 Å². The Labute approximate surface area is 164 Å². The smallest absolute Gasteiger partial charge is 0.313 e. The molecule has 0 spiro atoms. The van der Waals surface area contributed by atoms with Gasteiger partial charge in [-0.05, 0) is 58.7 Å². The fourth-order valence-corrected chi connectivity index (χ4v) is 3.42. The summed E-state index contributed by atoms with van der Waals surface area (Å²) in [5, 5.41) is 14.8. The second kappa shape index (κ2) is 9.14. The first-order valence-electron chi connectivity index (χ1n) is 9.39. The van der Waals surface area contributed by atoms with E-state index in [9.17, 15) is 19.7 Å². The number of para-hydroxylation sites is 1. The van der Waals surface area contributed by atoms with E-state index in [4.69, 9.17) is 9.47 Å². The maximum Gasteiger partial charge on any atom is 0.313 e. The third-order valence-corrected chi connectivity index (χ3v) is 4.98. The molecule has 0 aromatic heterocycles. The molecule has 0 amide bonds. The Bertz CT molecular complexity index is 722. The minimum absolute atomic E-state index is 0.119. The number of piperidine rings is 1. The lowest BCUT2D eigenvalue weighted by Crippen LogP contribution is -2.40. The third-order valence-electron chi connectivity index (χ3n) is 4.98. The molecule has 1 aliphatic rings. The lowest BCUT2D eigenvalue weighted by molar-refractivity contribution is -0.386. The van der Waals surface area contributed by atoms with Crippen molar-refractivity contribution in [2.45, 2.75) is 39.7 Å². The van der Waals surface area contributed by atoms with Crippen molar-refractivity contribution in [2.75, 3.05) is 20.2 Å². The molecular formula is C20H28N2O6. The van der Waals surface area contributed by atoms with Gasteiger partial charge in [0.25, 0.3) is 5.69 Å². The first kappa shape index (κ1) is 21.8. The van der Waals surface area contributed by atoms with Crippen LogP contribution in [0.15, 0.2) is 24.3 Å². The standard InChI is InChI=1S/C20H28N2O6/c1-20(2,3)19(24)28-17(14-7-5-6-8-15(14)22(25)26)16(18(23)27-4)13-9-11-21-12-10-13/h5-8,13,16-17,21H,9-12H2,1-4H3. The van der Waals surface area contributed by atoms with E-state index in [-0.39, 0.29) is 17.2 Å². The number of esters is 2. The van der Waals surface area contributed by atoms with Crippen molar-refractivity contribution in [3.05, 3.63) is 39.9 Å². The molecule has 8 heteroatoms. The van der Waals surface area contributed by atoms with Gasteiger partial charge in [-0.15, -0.1) is 0 Å². The molecule has 2 rings (SSSR count). The number of hydrogen-bond donors (Lipinski definition) is 1. The molecule has 1 aromatic carbocycles. The zero-order chi connectivity index (χ0) is 20.9. The molecule has 0 bridgehead atoms. The number of rotatable bonds is 6. The first-order valence-corrected chi connectivity index (χ1v) is 9.39. The van der Waals surface area contributed by atoms with Crippen molar-refractivity contribution < 1.29 is 24.0 Å². The number of nitro groups is 1. The first-order chi connectivity index (χ1) is 13.2. The summed E-state index contributed by atoms with van der Waals surface area (Å²) >= 11 is 0. The summed E-state index contributed by atoms with van der Waals surface area (Å²) in [6, 6.07) is 6.07. The van der Waals surface area contributed by atoms with Gasteiger partial charge in [0.05, 0.1) is 23.0 Å². The summed E-state index contributed by atoms with van der Waals surface area (Å²) < 4.78 is 10.8. The second-order valence-electron chi connectivity index (χ2n) is 8.03. The van der Waals surface area contributed by atoms with Gasteiger partial charge in [0.15, 0.2) is 0 Å². The van der Waals surface area contributed by atoms with Gasteiger partial charge in [-0.25, -0.2) is 0 Å². The molecule has 2 unspecified atom stereocenters. The van der Waals surface area contributed by atoms with Crippen molar-refractivity contribution >= 4 is 17.6 Å². The third kappa shape index (κ3) is 5.07. The Morgan fingerprint density at radius 3 is 2.36 bits per heavy atom. The minimum atomic E-state index is -1.09.